The van der Waals surface area contributed by atoms with Crippen molar-refractivity contribution >= 4 is 34.2 Å². The third kappa shape index (κ3) is 3.33. The van der Waals surface area contributed by atoms with Crippen molar-refractivity contribution in [3.8, 4) is 0 Å². The maximum absolute atomic E-state index is 12.6. The minimum absolute atomic E-state index is 0. The highest BCUT2D eigenvalue weighted by Crippen LogP contribution is 2.30. The quantitative estimate of drug-likeness (QED) is 0.755. The van der Waals surface area contributed by atoms with Crippen LogP contribution in [0, 0.1) is 5.92 Å². The van der Waals surface area contributed by atoms with Gasteiger partial charge >= 0.3 is 0 Å². The van der Waals surface area contributed by atoms with Crippen molar-refractivity contribution in [1.82, 2.24) is 9.80 Å². The number of benzene rings is 1. The molecule has 1 aromatic rings. The first-order valence-corrected chi connectivity index (χ1v) is 10.1. The van der Waals surface area contributed by atoms with Gasteiger partial charge in [0.05, 0.1) is 0 Å². The Balaban J connectivity index is 0.00000196. The zero-order valence-electron chi connectivity index (χ0n) is 14.4. The minimum Gasteiger partial charge on any atom is -0.355 e. The van der Waals surface area contributed by atoms with E-state index < -0.39 is 10.0 Å². The summed E-state index contributed by atoms with van der Waals surface area (Å²) in [5.41, 5.74) is 6.56. The number of rotatable bonds is 1. The van der Waals surface area contributed by atoms with E-state index >= 15 is 0 Å². The average molecular weight is 399 g/mol. The first-order valence-electron chi connectivity index (χ1n) is 8.69. The summed E-state index contributed by atoms with van der Waals surface area (Å²) in [7, 11) is -3.60. The van der Waals surface area contributed by atoms with Crippen molar-refractivity contribution in [2.75, 3.05) is 26.2 Å². The summed E-state index contributed by atoms with van der Waals surface area (Å²) in [5, 5.41) is 0. The molecular weight excluding hydrogens is 376 g/mol. The zero-order chi connectivity index (χ0) is 17.6. The maximum Gasteiger partial charge on any atom is 0.285 e. The van der Waals surface area contributed by atoms with Crippen LogP contribution in [-0.4, -0.2) is 62.2 Å². The molecule has 9 heteroatoms. The van der Waals surface area contributed by atoms with Crippen LogP contribution in [0.5, 0.6) is 0 Å². The van der Waals surface area contributed by atoms with E-state index in [1.54, 1.807) is 18.2 Å². The normalized spacial score (nSPS) is 24.8. The Bertz CT molecular complexity index is 834. The van der Waals surface area contributed by atoms with Gasteiger partial charge in [-0.3, -0.25) is 4.79 Å². The van der Waals surface area contributed by atoms with Crippen LogP contribution in [-0.2, 0) is 14.8 Å². The first-order chi connectivity index (χ1) is 12.0. The van der Waals surface area contributed by atoms with Crippen molar-refractivity contribution in [2.45, 2.75) is 30.2 Å². The van der Waals surface area contributed by atoms with Gasteiger partial charge in [-0.15, -0.1) is 16.8 Å². The Morgan fingerprint density at radius 1 is 1.12 bits per heavy atom. The Labute approximate surface area is 159 Å². The van der Waals surface area contributed by atoms with Crippen molar-refractivity contribution in [3.05, 3.63) is 29.8 Å². The summed E-state index contributed by atoms with van der Waals surface area (Å²) >= 11 is 0. The van der Waals surface area contributed by atoms with Crippen LogP contribution in [0.3, 0.4) is 0 Å². The van der Waals surface area contributed by atoms with E-state index in [0.29, 0.717) is 43.9 Å². The fourth-order valence-corrected chi connectivity index (χ4v) is 5.13. The smallest absolute Gasteiger partial charge is 0.285 e. The molecule has 0 radical (unpaired) electrons. The van der Waals surface area contributed by atoms with Crippen LogP contribution in [0.2, 0.25) is 0 Å². The first kappa shape index (κ1) is 19.1. The van der Waals surface area contributed by atoms with Crippen molar-refractivity contribution < 1.29 is 13.2 Å². The lowest BCUT2D eigenvalue weighted by Gasteiger charge is -2.34. The Morgan fingerprint density at radius 2 is 1.81 bits per heavy atom. The predicted octanol–water partition coefficient (Wildman–Crippen LogP) is 0.829. The Kier molecular flexibility index (Phi) is 5.28. The van der Waals surface area contributed by atoms with Crippen LogP contribution in [0.1, 0.15) is 24.8 Å². The molecule has 0 saturated carbocycles. The Morgan fingerprint density at radius 3 is 2.46 bits per heavy atom. The number of halogens is 1. The molecule has 3 aliphatic rings. The lowest BCUT2D eigenvalue weighted by atomic mass is 9.94. The molecule has 1 amide bonds. The summed E-state index contributed by atoms with van der Waals surface area (Å²) in [5.74, 6) is 0.703. The molecular formula is C17H23ClN4O3S. The third-order valence-corrected chi connectivity index (χ3v) is 6.62. The summed E-state index contributed by atoms with van der Waals surface area (Å²) < 4.78 is 28.4. The molecule has 26 heavy (non-hydrogen) atoms. The molecule has 4 rings (SSSR count). The molecule has 7 nitrogen and oxygen atoms in total. The molecule has 1 atom stereocenters. The van der Waals surface area contributed by atoms with Gasteiger partial charge < -0.3 is 15.5 Å². The lowest BCUT2D eigenvalue weighted by Crippen LogP contribution is -2.44. The number of piperidine rings is 1. The van der Waals surface area contributed by atoms with Gasteiger partial charge in [0.15, 0.2) is 5.84 Å². The van der Waals surface area contributed by atoms with Gasteiger partial charge in [-0.05, 0) is 31.4 Å². The molecule has 0 aliphatic carbocycles. The average Bonchev–Trinajstić information content (AvgIpc) is 3.16. The van der Waals surface area contributed by atoms with E-state index in [2.05, 4.69) is 4.40 Å². The summed E-state index contributed by atoms with van der Waals surface area (Å²) in [6.07, 6.45) is 2.30. The van der Waals surface area contributed by atoms with Crippen LogP contribution in [0.25, 0.3) is 0 Å². The molecule has 0 bridgehead atoms. The lowest BCUT2D eigenvalue weighted by molar-refractivity contribution is -0.135. The second kappa shape index (κ2) is 7.17. The number of amides is 1. The molecule has 1 aromatic carbocycles. The van der Waals surface area contributed by atoms with Gasteiger partial charge in [0, 0.05) is 43.7 Å². The monoisotopic (exact) mass is 398 g/mol. The molecule has 2 N–H and O–H groups in total. The van der Waals surface area contributed by atoms with Crippen LogP contribution in [0.15, 0.2) is 33.6 Å². The van der Waals surface area contributed by atoms with Crippen molar-refractivity contribution in [1.29, 1.82) is 0 Å². The van der Waals surface area contributed by atoms with Crippen molar-refractivity contribution in [2.24, 2.45) is 16.0 Å². The topological polar surface area (TPSA) is 96.1 Å². The molecule has 2 saturated heterocycles. The largest absolute Gasteiger partial charge is 0.355 e. The molecule has 2 fully saturated rings. The fraction of sp³-hybridized carbons (Fsp3) is 0.529. The van der Waals surface area contributed by atoms with Gasteiger partial charge in [0.2, 0.25) is 5.91 Å². The van der Waals surface area contributed by atoms with Crippen LogP contribution >= 0.6 is 12.4 Å². The van der Waals surface area contributed by atoms with Gasteiger partial charge in [-0.1, -0.05) is 12.1 Å². The SMILES string of the molecule is Cl.N[C@@H]1CCN(C(=O)C2CCN(C3=NS(=O)(=O)c4ccccc43)CC2)C1. The van der Waals surface area contributed by atoms with E-state index in [1.807, 2.05) is 15.9 Å². The highest BCUT2D eigenvalue weighted by Gasteiger charge is 2.36. The van der Waals surface area contributed by atoms with Gasteiger partial charge in [-0.25, -0.2) is 0 Å². The number of carbonyl (C=O) groups is 1. The number of nitrogens with two attached hydrogens (primary N) is 1. The van der Waals surface area contributed by atoms with Crippen LogP contribution in [0.4, 0.5) is 0 Å². The van der Waals surface area contributed by atoms with Gasteiger partial charge in [0.1, 0.15) is 4.90 Å². The van der Waals surface area contributed by atoms with Crippen LogP contribution < -0.4 is 5.73 Å². The molecule has 0 spiro atoms. The zero-order valence-corrected chi connectivity index (χ0v) is 16.0. The summed E-state index contributed by atoms with van der Waals surface area (Å²) in [6, 6.07) is 7.01. The summed E-state index contributed by atoms with van der Waals surface area (Å²) in [6.45, 7) is 2.67. The van der Waals surface area contributed by atoms with E-state index in [1.165, 1.54) is 0 Å². The molecule has 3 aliphatic heterocycles. The van der Waals surface area contributed by atoms with E-state index in [9.17, 15) is 13.2 Å². The number of hydrogen-bond donors (Lipinski definition) is 1. The second-order valence-corrected chi connectivity index (χ2v) is 8.55. The summed E-state index contributed by atoms with van der Waals surface area (Å²) in [4.78, 5) is 16.7. The minimum atomic E-state index is -3.60. The van der Waals surface area contributed by atoms with Crippen molar-refractivity contribution in [3.63, 3.8) is 0 Å². The van der Waals surface area contributed by atoms with E-state index in [0.717, 1.165) is 13.0 Å². The number of nitrogens with zero attached hydrogens (tertiary/aromatic N) is 3. The van der Waals surface area contributed by atoms with E-state index in [4.69, 9.17) is 5.73 Å². The predicted molar refractivity (Wildman–Crippen MR) is 101 cm³/mol. The molecule has 0 aromatic heterocycles. The Hall–Kier alpha value is -1.64. The maximum atomic E-state index is 12.6. The molecule has 0 unspecified atom stereocenters. The highest BCUT2D eigenvalue weighted by atomic mass is 35.5. The second-order valence-electron chi connectivity index (χ2n) is 6.98. The number of likely N-dealkylation sites (tertiary alicyclic amines) is 2. The fourth-order valence-electron chi connectivity index (χ4n) is 3.90. The number of carbonyl (C=O) groups excluding carboxylic acids is 1. The van der Waals surface area contributed by atoms with Gasteiger partial charge in [0.25, 0.3) is 10.0 Å². The standard InChI is InChI=1S/C17H22N4O3S.ClH/c18-13-7-10-21(11-13)17(22)12-5-8-20(9-6-12)16-14-3-1-2-4-15(14)25(23,24)19-16;/h1-4,12-13H,5-11,18H2;1H/t13-;/m1./s1. The number of hydrogen-bond acceptors (Lipinski definition) is 5. The highest BCUT2D eigenvalue weighted by molar-refractivity contribution is 7.90. The third-order valence-electron chi connectivity index (χ3n) is 5.29. The number of amidine groups is 1. The van der Waals surface area contributed by atoms with E-state index in [-0.39, 0.29) is 35.2 Å². The molecule has 142 valence electrons. The number of sulfonamides is 1. The van der Waals surface area contributed by atoms with Gasteiger partial charge in [-0.2, -0.15) is 8.42 Å². The number of fused-ring (bicyclic) bond motifs is 1. The molecule has 3 heterocycles.